The molecule has 0 aliphatic carbocycles. The summed E-state index contributed by atoms with van der Waals surface area (Å²) in [6.45, 7) is 1.14. The van der Waals surface area contributed by atoms with Gasteiger partial charge in [-0.3, -0.25) is 4.79 Å². The van der Waals surface area contributed by atoms with Gasteiger partial charge in [0.05, 0.1) is 0 Å². The Morgan fingerprint density at radius 2 is 2.25 bits per heavy atom. The molecule has 6 nitrogen and oxygen atoms in total. The average Bonchev–Trinajstić information content (AvgIpc) is 2.84. The van der Waals surface area contributed by atoms with E-state index in [2.05, 4.69) is 15.9 Å². The first-order valence-electron chi connectivity index (χ1n) is 6.22. The van der Waals surface area contributed by atoms with Crippen LogP contribution in [0.1, 0.15) is 6.42 Å². The Balaban J connectivity index is 2.02. The molecule has 0 spiro atoms. The first-order valence-corrected chi connectivity index (χ1v) is 6.22. The predicted octanol–water partition coefficient (Wildman–Crippen LogP) is 2.36. The van der Waals surface area contributed by atoms with Crippen LogP contribution in [0.25, 0.3) is 10.4 Å². The molecule has 1 aliphatic heterocycles. The molecule has 1 amide bonds. The lowest BCUT2D eigenvalue weighted by molar-refractivity contribution is -0.117. The van der Waals surface area contributed by atoms with Gasteiger partial charge in [0.2, 0.25) is 5.91 Å². The molecule has 6 heteroatoms. The van der Waals surface area contributed by atoms with E-state index in [4.69, 9.17) is 16.7 Å². The molecule has 1 aromatic rings. The van der Waals surface area contributed by atoms with Crippen LogP contribution in [0.3, 0.4) is 0 Å². The van der Waals surface area contributed by atoms with Crippen LogP contribution in [-0.2, 0) is 4.79 Å². The lowest BCUT2D eigenvalue weighted by atomic mass is 10.1. The number of amides is 1. The number of ether oxygens (including phenoxy) is 1. The van der Waals surface area contributed by atoms with Crippen molar-refractivity contribution < 1.29 is 9.53 Å². The number of benzene rings is 1. The molecule has 0 N–H and O–H groups in total. The van der Waals surface area contributed by atoms with Crippen molar-refractivity contribution in [1.29, 1.82) is 0 Å². The van der Waals surface area contributed by atoms with E-state index in [1.807, 2.05) is 12.1 Å². The highest BCUT2D eigenvalue weighted by atomic mass is 16.5. The van der Waals surface area contributed by atoms with E-state index in [1.165, 1.54) is 0 Å². The zero-order valence-electron chi connectivity index (χ0n) is 10.9. The van der Waals surface area contributed by atoms with Crippen molar-refractivity contribution in [2.75, 3.05) is 24.6 Å². The summed E-state index contributed by atoms with van der Waals surface area (Å²) in [6.07, 6.45) is 5.53. The summed E-state index contributed by atoms with van der Waals surface area (Å²) in [7, 11) is 0. The zero-order valence-corrected chi connectivity index (χ0v) is 10.9. The van der Waals surface area contributed by atoms with Crippen molar-refractivity contribution in [2.45, 2.75) is 6.42 Å². The number of hydrogen-bond acceptors (Lipinski definition) is 3. The molecule has 1 saturated heterocycles. The van der Waals surface area contributed by atoms with E-state index in [0.717, 1.165) is 5.69 Å². The number of terminal acetylenes is 1. The minimum Gasteiger partial charge on any atom is -0.481 e. The maximum absolute atomic E-state index is 11.9. The highest BCUT2D eigenvalue weighted by Crippen LogP contribution is 2.27. The lowest BCUT2D eigenvalue weighted by Gasteiger charge is -2.16. The molecule has 1 fully saturated rings. The van der Waals surface area contributed by atoms with Crippen LogP contribution < -0.4 is 9.64 Å². The van der Waals surface area contributed by atoms with Gasteiger partial charge >= 0.3 is 0 Å². The topological polar surface area (TPSA) is 78.3 Å². The molecule has 2 rings (SSSR count). The van der Waals surface area contributed by atoms with Crippen LogP contribution in [0.4, 0.5) is 5.69 Å². The summed E-state index contributed by atoms with van der Waals surface area (Å²) in [5, 5.41) is 3.53. The highest BCUT2D eigenvalue weighted by molar-refractivity contribution is 5.95. The summed E-state index contributed by atoms with van der Waals surface area (Å²) < 4.78 is 5.28. The molecule has 1 aliphatic rings. The van der Waals surface area contributed by atoms with Gasteiger partial charge < -0.3 is 9.64 Å². The summed E-state index contributed by atoms with van der Waals surface area (Å²) >= 11 is 0. The van der Waals surface area contributed by atoms with Crippen LogP contribution >= 0.6 is 0 Å². The number of anilines is 1. The Morgan fingerprint density at radius 1 is 1.50 bits per heavy atom. The SMILES string of the molecule is C#CCOc1ccc(N2CC(CN=[N+]=[N-])CC2=O)cc1. The predicted molar refractivity (Wildman–Crippen MR) is 75.2 cm³/mol. The fraction of sp³-hybridized carbons (Fsp3) is 0.357. The number of rotatable bonds is 5. The molecular weight excluding hydrogens is 256 g/mol. The molecule has 1 atom stereocenters. The molecular formula is C14H14N4O2. The van der Waals surface area contributed by atoms with Crippen molar-refractivity contribution in [3.63, 3.8) is 0 Å². The fourth-order valence-electron chi connectivity index (χ4n) is 2.15. The van der Waals surface area contributed by atoms with E-state index in [-0.39, 0.29) is 18.4 Å². The molecule has 1 heterocycles. The van der Waals surface area contributed by atoms with Gasteiger partial charge in [0.15, 0.2) is 0 Å². The van der Waals surface area contributed by atoms with Gasteiger partial charge in [-0.1, -0.05) is 11.0 Å². The zero-order chi connectivity index (χ0) is 14.4. The van der Waals surface area contributed by atoms with Crippen molar-refractivity contribution in [2.24, 2.45) is 11.0 Å². The Morgan fingerprint density at radius 3 is 2.90 bits per heavy atom. The van der Waals surface area contributed by atoms with Crippen molar-refractivity contribution in [3.8, 4) is 18.1 Å². The maximum Gasteiger partial charge on any atom is 0.227 e. The number of nitrogens with zero attached hydrogens (tertiary/aromatic N) is 4. The van der Waals surface area contributed by atoms with E-state index in [0.29, 0.717) is 25.3 Å². The standard InChI is InChI=1S/C14H14N4O2/c1-2-7-20-13-5-3-12(4-6-13)18-10-11(8-14(18)19)9-16-17-15/h1,3-6,11H,7-10H2. The maximum atomic E-state index is 11.9. The molecule has 0 saturated carbocycles. The highest BCUT2D eigenvalue weighted by Gasteiger charge is 2.29. The summed E-state index contributed by atoms with van der Waals surface area (Å²) in [6, 6.07) is 7.20. The van der Waals surface area contributed by atoms with E-state index >= 15 is 0 Å². The summed E-state index contributed by atoms with van der Waals surface area (Å²) in [4.78, 5) is 16.4. The van der Waals surface area contributed by atoms with E-state index < -0.39 is 0 Å². The van der Waals surface area contributed by atoms with E-state index in [9.17, 15) is 4.79 Å². The van der Waals surface area contributed by atoms with Crippen LogP contribution in [-0.4, -0.2) is 25.6 Å². The van der Waals surface area contributed by atoms with Crippen molar-refractivity contribution in [3.05, 3.63) is 34.7 Å². The van der Waals surface area contributed by atoms with Crippen LogP contribution in [0, 0.1) is 18.3 Å². The Labute approximate surface area is 117 Å². The lowest BCUT2D eigenvalue weighted by Crippen LogP contribution is -2.24. The van der Waals surface area contributed by atoms with Gasteiger partial charge in [-0.25, -0.2) is 0 Å². The second kappa shape index (κ2) is 6.50. The van der Waals surface area contributed by atoms with E-state index in [1.54, 1.807) is 17.0 Å². The van der Waals surface area contributed by atoms with Gasteiger partial charge in [0.25, 0.3) is 0 Å². The normalized spacial score (nSPS) is 17.4. The summed E-state index contributed by atoms with van der Waals surface area (Å²) in [5.41, 5.74) is 9.12. The average molecular weight is 270 g/mol. The fourth-order valence-corrected chi connectivity index (χ4v) is 2.15. The van der Waals surface area contributed by atoms with Crippen LogP contribution in [0.15, 0.2) is 29.4 Å². The molecule has 1 aromatic carbocycles. The molecule has 0 radical (unpaired) electrons. The first kappa shape index (κ1) is 13.8. The van der Waals surface area contributed by atoms with Gasteiger partial charge in [-0.15, -0.1) is 6.42 Å². The molecule has 0 aromatic heterocycles. The first-order chi connectivity index (χ1) is 9.74. The molecule has 1 unspecified atom stereocenters. The molecule has 102 valence electrons. The quantitative estimate of drug-likeness (QED) is 0.356. The number of azide groups is 1. The van der Waals surface area contributed by atoms with Gasteiger partial charge in [-0.2, -0.15) is 0 Å². The van der Waals surface area contributed by atoms with Crippen LogP contribution in [0.5, 0.6) is 5.75 Å². The molecule has 0 bridgehead atoms. The second-order valence-corrected chi connectivity index (χ2v) is 4.47. The third kappa shape index (κ3) is 3.22. The van der Waals surface area contributed by atoms with Gasteiger partial charge in [0, 0.05) is 30.1 Å². The van der Waals surface area contributed by atoms with Gasteiger partial charge in [-0.05, 0) is 35.7 Å². The third-order valence-corrected chi connectivity index (χ3v) is 3.08. The monoisotopic (exact) mass is 270 g/mol. The smallest absolute Gasteiger partial charge is 0.227 e. The Bertz CT molecular complexity index is 570. The Hall–Kier alpha value is -2.64. The minimum absolute atomic E-state index is 0.0421. The number of carbonyl (C=O) groups is 1. The summed E-state index contributed by atoms with van der Waals surface area (Å²) in [5.74, 6) is 3.18. The van der Waals surface area contributed by atoms with Gasteiger partial charge in [0.1, 0.15) is 12.4 Å². The largest absolute Gasteiger partial charge is 0.481 e. The third-order valence-electron chi connectivity index (χ3n) is 3.08. The molecule has 20 heavy (non-hydrogen) atoms. The number of carbonyl (C=O) groups excluding carboxylic acids is 1. The Kier molecular flexibility index (Phi) is 4.48. The number of hydrogen-bond donors (Lipinski definition) is 0. The second-order valence-electron chi connectivity index (χ2n) is 4.47. The van der Waals surface area contributed by atoms with Crippen molar-refractivity contribution >= 4 is 11.6 Å². The van der Waals surface area contributed by atoms with Crippen molar-refractivity contribution in [1.82, 2.24) is 0 Å². The minimum atomic E-state index is 0.0421. The van der Waals surface area contributed by atoms with Crippen LogP contribution in [0.2, 0.25) is 0 Å².